The zero-order valence-corrected chi connectivity index (χ0v) is 13.3. The molecule has 1 aliphatic rings. The molecule has 9 heteroatoms. The molecule has 0 radical (unpaired) electrons. The number of hydrogen-bond donors (Lipinski definition) is 1. The van der Waals surface area contributed by atoms with Crippen molar-refractivity contribution in [3.63, 3.8) is 0 Å². The molecule has 0 saturated carbocycles. The number of hydrogen-bond acceptors (Lipinski definition) is 6. The summed E-state index contributed by atoms with van der Waals surface area (Å²) in [6.45, 7) is 0. The smallest absolute Gasteiger partial charge is 0.244 e. The zero-order chi connectivity index (χ0) is 15.7. The van der Waals surface area contributed by atoms with Gasteiger partial charge < -0.3 is 9.47 Å². The van der Waals surface area contributed by atoms with Crippen molar-refractivity contribution in [3.05, 3.63) is 18.2 Å². The third-order valence-electron chi connectivity index (χ3n) is 3.21. The van der Waals surface area contributed by atoms with Gasteiger partial charge in [0.1, 0.15) is 16.4 Å². The number of methoxy groups -OCH3 is 2. The van der Waals surface area contributed by atoms with Gasteiger partial charge in [0, 0.05) is 12.1 Å². The molecule has 1 aromatic carbocycles. The van der Waals surface area contributed by atoms with E-state index < -0.39 is 25.9 Å². The summed E-state index contributed by atoms with van der Waals surface area (Å²) >= 11 is 0. The Hall–Kier alpha value is -1.32. The predicted octanol–water partition coefficient (Wildman–Crippen LogP) is 0.169. The van der Waals surface area contributed by atoms with Crippen molar-refractivity contribution in [1.29, 1.82) is 0 Å². The number of sulfone groups is 1. The van der Waals surface area contributed by atoms with E-state index in [-0.39, 0.29) is 28.6 Å². The van der Waals surface area contributed by atoms with Gasteiger partial charge in [0.25, 0.3) is 0 Å². The molecule has 1 aliphatic heterocycles. The van der Waals surface area contributed by atoms with Crippen molar-refractivity contribution in [2.24, 2.45) is 0 Å². The lowest BCUT2D eigenvalue weighted by atomic mass is 10.3. The lowest BCUT2D eigenvalue weighted by Gasteiger charge is -2.14. The number of sulfonamides is 1. The van der Waals surface area contributed by atoms with E-state index in [2.05, 4.69) is 4.72 Å². The molecule has 7 nitrogen and oxygen atoms in total. The highest BCUT2D eigenvalue weighted by Crippen LogP contribution is 2.28. The second-order valence-electron chi connectivity index (χ2n) is 4.74. The summed E-state index contributed by atoms with van der Waals surface area (Å²) in [5.41, 5.74) is 0. The summed E-state index contributed by atoms with van der Waals surface area (Å²) in [7, 11) is -4.26. The molecule has 1 heterocycles. The summed E-state index contributed by atoms with van der Waals surface area (Å²) in [6.07, 6.45) is 0.272. The molecule has 0 unspecified atom stereocenters. The fourth-order valence-corrected chi connectivity index (χ4v) is 5.40. The summed E-state index contributed by atoms with van der Waals surface area (Å²) in [5.74, 6) is 0.355. The molecule has 0 aromatic heterocycles. The molecule has 0 spiro atoms. The SMILES string of the molecule is COc1ccc(OC)c(S(=O)(=O)N[C@H]2CCS(=O)(=O)C2)c1. The number of ether oxygens (including phenoxy) is 2. The second kappa shape index (κ2) is 5.82. The van der Waals surface area contributed by atoms with Crippen LogP contribution in [0.5, 0.6) is 11.5 Å². The first-order chi connectivity index (χ1) is 9.77. The summed E-state index contributed by atoms with van der Waals surface area (Å²) in [4.78, 5) is -0.0753. The van der Waals surface area contributed by atoms with Crippen LogP contribution in [0.2, 0.25) is 0 Å². The van der Waals surface area contributed by atoms with Crippen LogP contribution in [0.25, 0.3) is 0 Å². The maximum atomic E-state index is 12.4. The van der Waals surface area contributed by atoms with Crippen molar-refractivity contribution < 1.29 is 26.3 Å². The maximum Gasteiger partial charge on any atom is 0.244 e. The van der Waals surface area contributed by atoms with E-state index in [1.54, 1.807) is 6.07 Å². The minimum Gasteiger partial charge on any atom is -0.497 e. The van der Waals surface area contributed by atoms with Gasteiger partial charge in [-0.1, -0.05) is 0 Å². The highest BCUT2D eigenvalue weighted by Gasteiger charge is 2.32. The molecule has 21 heavy (non-hydrogen) atoms. The molecule has 0 bridgehead atoms. The van der Waals surface area contributed by atoms with Crippen molar-refractivity contribution in [3.8, 4) is 11.5 Å². The fraction of sp³-hybridized carbons (Fsp3) is 0.500. The van der Waals surface area contributed by atoms with Gasteiger partial charge in [0.05, 0.1) is 25.7 Å². The highest BCUT2D eigenvalue weighted by molar-refractivity contribution is 7.92. The Labute approximate surface area is 124 Å². The van der Waals surface area contributed by atoms with Gasteiger partial charge in [0.15, 0.2) is 9.84 Å². The molecular formula is C12H17NO6S2. The Morgan fingerprint density at radius 3 is 2.48 bits per heavy atom. The van der Waals surface area contributed by atoms with E-state index in [0.717, 1.165) is 0 Å². The van der Waals surface area contributed by atoms with Gasteiger partial charge in [-0.3, -0.25) is 0 Å². The molecule has 0 aliphatic carbocycles. The molecule has 1 fully saturated rings. The van der Waals surface area contributed by atoms with Crippen LogP contribution in [-0.4, -0.2) is 48.6 Å². The lowest BCUT2D eigenvalue weighted by Crippen LogP contribution is -2.35. The zero-order valence-electron chi connectivity index (χ0n) is 11.7. The minimum absolute atomic E-state index is 0.00453. The van der Waals surface area contributed by atoms with Gasteiger partial charge >= 0.3 is 0 Å². The minimum atomic E-state index is -3.89. The van der Waals surface area contributed by atoms with Gasteiger partial charge in [0.2, 0.25) is 10.0 Å². The van der Waals surface area contributed by atoms with Crippen LogP contribution in [-0.2, 0) is 19.9 Å². The topological polar surface area (TPSA) is 98.8 Å². The molecule has 118 valence electrons. The van der Waals surface area contributed by atoms with Gasteiger partial charge in [-0.15, -0.1) is 0 Å². The fourth-order valence-electron chi connectivity index (χ4n) is 2.16. The predicted molar refractivity (Wildman–Crippen MR) is 76.9 cm³/mol. The van der Waals surface area contributed by atoms with E-state index in [1.807, 2.05) is 0 Å². The average molecular weight is 335 g/mol. The van der Waals surface area contributed by atoms with E-state index >= 15 is 0 Å². The van der Waals surface area contributed by atoms with Crippen molar-refractivity contribution in [1.82, 2.24) is 4.72 Å². The monoisotopic (exact) mass is 335 g/mol. The Bertz CT molecular complexity index is 726. The quantitative estimate of drug-likeness (QED) is 0.823. The van der Waals surface area contributed by atoms with Crippen LogP contribution < -0.4 is 14.2 Å². The average Bonchev–Trinajstić information content (AvgIpc) is 2.76. The Morgan fingerprint density at radius 2 is 1.95 bits per heavy atom. The Balaban J connectivity index is 2.31. The number of nitrogens with one attached hydrogen (secondary N) is 1. The van der Waals surface area contributed by atoms with Crippen LogP contribution >= 0.6 is 0 Å². The first kappa shape index (κ1) is 16.1. The molecular weight excluding hydrogens is 318 g/mol. The third kappa shape index (κ3) is 3.66. The van der Waals surface area contributed by atoms with Gasteiger partial charge in [-0.25, -0.2) is 21.6 Å². The standard InChI is InChI=1S/C12H17NO6S2/c1-18-10-3-4-11(19-2)12(7-10)21(16,17)13-9-5-6-20(14,15)8-9/h3-4,7,9,13H,5-6,8H2,1-2H3/t9-/m0/s1. The summed E-state index contributed by atoms with van der Waals surface area (Å²) < 4.78 is 60.1. The van der Waals surface area contributed by atoms with E-state index in [0.29, 0.717) is 5.75 Å². The lowest BCUT2D eigenvalue weighted by molar-refractivity contribution is 0.391. The molecule has 0 amide bonds. The number of rotatable bonds is 5. The Kier molecular flexibility index (Phi) is 4.45. The van der Waals surface area contributed by atoms with Gasteiger partial charge in [-0.2, -0.15) is 0 Å². The highest BCUT2D eigenvalue weighted by atomic mass is 32.2. The van der Waals surface area contributed by atoms with Crippen molar-refractivity contribution >= 4 is 19.9 Å². The molecule has 2 rings (SSSR count). The summed E-state index contributed by atoms with van der Waals surface area (Å²) in [6, 6.07) is 3.79. The van der Waals surface area contributed by atoms with Crippen LogP contribution in [0.1, 0.15) is 6.42 Å². The number of benzene rings is 1. The van der Waals surface area contributed by atoms with Gasteiger partial charge in [-0.05, 0) is 18.6 Å². The molecule has 1 aromatic rings. The maximum absolute atomic E-state index is 12.4. The van der Waals surface area contributed by atoms with Crippen molar-refractivity contribution in [2.45, 2.75) is 17.4 Å². The normalized spacial score (nSPS) is 21.1. The van der Waals surface area contributed by atoms with Crippen LogP contribution in [0.15, 0.2) is 23.1 Å². The largest absolute Gasteiger partial charge is 0.497 e. The van der Waals surface area contributed by atoms with Crippen LogP contribution in [0.3, 0.4) is 0 Å². The van der Waals surface area contributed by atoms with E-state index in [9.17, 15) is 16.8 Å². The second-order valence-corrected chi connectivity index (χ2v) is 8.65. The Morgan fingerprint density at radius 1 is 1.24 bits per heavy atom. The van der Waals surface area contributed by atoms with E-state index in [4.69, 9.17) is 9.47 Å². The van der Waals surface area contributed by atoms with Crippen molar-refractivity contribution in [2.75, 3.05) is 25.7 Å². The van der Waals surface area contributed by atoms with E-state index in [1.165, 1.54) is 26.4 Å². The third-order valence-corrected chi connectivity index (χ3v) is 6.52. The molecule has 1 atom stereocenters. The molecule has 1 N–H and O–H groups in total. The first-order valence-corrected chi connectivity index (χ1v) is 9.52. The summed E-state index contributed by atoms with van der Waals surface area (Å²) in [5, 5.41) is 0. The molecule has 1 saturated heterocycles. The first-order valence-electron chi connectivity index (χ1n) is 6.22. The van der Waals surface area contributed by atoms with Crippen LogP contribution in [0.4, 0.5) is 0 Å². The van der Waals surface area contributed by atoms with Crippen LogP contribution in [0, 0.1) is 0 Å².